The summed E-state index contributed by atoms with van der Waals surface area (Å²) in [5.41, 5.74) is 3.14. The molecule has 4 nitrogen and oxygen atoms in total. The van der Waals surface area contributed by atoms with Crippen molar-refractivity contribution >= 4 is 20.2 Å². The number of aryl methyl sites for hydroxylation is 2. The van der Waals surface area contributed by atoms with Crippen molar-refractivity contribution in [1.82, 2.24) is 9.78 Å². The zero-order valence-electron chi connectivity index (χ0n) is 13.4. The van der Waals surface area contributed by atoms with E-state index in [4.69, 9.17) is 4.43 Å². The maximum absolute atomic E-state index is 6.06. The van der Waals surface area contributed by atoms with Gasteiger partial charge in [-0.15, -0.1) is 0 Å². The maximum Gasteiger partial charge on any atom is 0.242 e. The highest BCUT2D eigenvalue weighted by Gasteiger charge is 2.17. The predicted octanol–water partition coefficient (Wildman–Crippen LogP) is 4.12. The van der Waals surface area contributed by atoms with Crippen molar-refractivity contribution in [3.8, 4) is 5.75 Å². The Labute approximate surface area is 127 Å². The van der Waals surface area contributed by atoms with Gasteiger partial charge in [-0.2, -0.15) is 5.10 Å². The van der Waals surface area contributed by atoms with Gasteiger partial charge >= 0.3 is 0 Å². The molecule has 2 rings (SSSR count). The van der Waals surface area contributed by atoms with Crippen molar-refractivity contribution in [2.75, 3.05) is 0 Å². The van der Waals surface area contributed by atoms with E-state index in [2.05, 4.69) is 36.7 Å². The summed E-state index contributed by atoms with van der Waals surface area (Å²) >= 11 is 0. The first-order valence-electron chi connectivity index (χ1n) is 7.16. The standard InChI is InChI=1S/C16H23N3OSi/c1-13-12-19(18-14(13)2)11-10-17-15-8-6-7-9-16(15)20-21(3,4)5/h6-10,12H,11H2,1-5H3. The van der Waals surface area contributed by atoms with Gasteiger partial charge in [0, 0.05) is 12.4 Å². The van der Waals surface area contributed by atoms with Crippen LogP contribution in [0.15, 0.2) is 35.5 Å². The molecule has 0 amide bonds. The lowest BCUT2D eigenvalue weighted by molar-refractivity contribution is 0.559. The number of aromatic nitrogens is 2. The van der Waals surface area contributed by atoms with Crippen LogP contribution in [0, 0.1) is 13.8 Å². The third-order valence-corrected chi connectivity index (χ3v) is 3.80. The Morgan fingerprint density at radius 2 is 1.95 bits per heavy atom. The molecular formula is C16H23N3OSi. The highest BCUT2D eigenvalue weighted by molar-refractivity contribution is 6.70. The minimum atomic E-state index is -1.63. The number of rotatable bonds is 5. The monoisotopic (exact) mass is 301 g/mol. The summed E-state index contributed by atoms with van der Waals surface area (Å²) in [6.07, 6.45) is 3.91. The second-order valence-corrected chi connectivity index (χ2v) is 10.5. The molecule has 0 aliphatic rings. The summed E-state index contributed by atoms with van der Waals surface area (Å²) < 4.78 is 7.96. The largest absolute Gasteiger partial charge is 0.543 e. The maximum atomic E-state index is 6.06. The van der Waals surface area contributed by atoms with Gasteiger partial charge in [0.25, 0.3) is 0 Å². The molecule has 0 N–H and O–H groups in total. The molecule has 1 aromatic heterocycles. The minimum absolute atomic E-state index is 0.663. The van der Waals surface area contributed by atoms with Gasteiger partial charge in [0.05, 0.1) is 12.2 Å². The molecule has 0 aliphatic carbocycles. The highest BCUT2D eigenvalue weighted by atomic mass is 28.4. The Hall–Kier alpha value is -1.88. The Balaban J connectivity index is 2.10. The van der Waals surface area contributed by atoms with E-state index in [9.17, 15) is 0 Å². The average molecular weight is 301 g/mol. The fourth-order valence-electron chi connectivity index (χ4n) is 1.91. The number of aliphatic imine (C=N–C) groups is 1. The molecule has 5 heteroatoms. The Bertz CT molecular complexity index is 622. The van der Waals surface area contributed by atoms with Crippen LogP contribution in [0.1, 0.15) is 11.3 Å². The van der Waals surface area contributed by atoms with Crippen molar-refractivity contribution in [3.05, 3.63) is 41.7 Å². The van der Waals surface area contributed by atoms with Crippen LogP contribution < -0.4 is 4.43 Å². The molecule has 0 saturated heterocycles. The van der Waals surface area contributed by atoms with Crippen LogP contribution >= 0.6 is 0 Å². The molecule has 0 radical (unpaired) electrons. The van der Waals surface area contributed by atoms with Gasteiger partial charge in [-0.25, -0.2) is 0 Å². The molecule has 0 saturated carbocycles. The molecule has 0 bridgehead atoms. The lowest BCUT2D eigenvalue weighted by Crippen LogP contribution is -2.29. The van der Waals surface area contributed by atoms with Crippen LogP contribution in [0.4, 0.5) is 5.69 Å². The molecule has 0 fully saturated rings. The van der Waals surface area contributed by atoms with Crippen LogP contribution in [0.5, 0.6) is 5.75 Å². The zero-order chi connectivity index (χ0) is 15.5. The van der Waals surface area contributed by atoms with E-state index >= 15 is 0 Å². The predicted molar refractivity (Wildman–Crippen MR) is 90.3 cm³/mol. The highest BCUT2D eigenvalue weighted by Crippen LogP contribution is 2.28. The van der Waals surface area contributed by atoms with Crippen LogP contribution in [0.2, 0.25) is 19.6 Å². The van der Waals surface area contributed by atoms with Crippen molar-refractivity contribution in [1.29, 1.82) is 0 Å². The molecule has 0 aliphatic heterocycles. The molecule has 112 valence electrons. The van der Waals surface area contributed by atoms with E-state index in [0.717, 1.165) is 17.1 Å². The lowest BCUT2D eigenvalue weighted by atomic mass is 10.3. The van der Waals surface area contributed by atoms with Crippen LogP contribution in [0.3, 0.4) is 0 Å². The van der Waals surface area contributed by atoms with E-state index < -0.39 is 8.32 Å². The second kappa shape index (κ2) is 6.26. The Morgan fingerprint density at radius 3 is 2.57 bits per heavy atom. The smallest absolute Gasteiger partial charge is 0.242 e. The molecule has 0 unspecified atom stereocenters. The van der Waals surface area contributed by atoms with Crippen molar-refractivity contribution in [2.45, 2.75) is 40.0 Å². The van der Waals surface area contributed by atoms with E-state index in [-0.39, 0.29) is 0 Å². The molecule has 0 atom stereocenters. The summed E-state index contributed by atoms with van der Waals surface area (Å²) in [4.78, 5) is 4.54. The normalized spacial score (nSPS) is 12.0. The molecular weight excluding hydrogens is 278 g/mol. The van der Waals surface area contributed by atoms with Crippen LogP contribution in [-0.2, 0) is 6.54 Å². The summed E-state index contributed by atoms with van der Waals surface area (Å²) in [5.74, 6) is 0.862. The first kappa shape index (κ1) is 15.5. The first-order valence-corrected chi connectivity index (χ1v) is 10.6. The SMILES string of the molecule is Cc1cn(CC=Nc2ccccc2O[Si](C)(C)C)nc1C. The van der Waals surface area contributed by atoms with Gasteiger partial charge in [-0.3, -0.25) is 9.67 Å². The van der Waals surface area contributed by atoms with E-state index in [1.807, 2.05) is 48.3 Å². The Morgan fingerprint density at radius 1 is 1.24 bits per heavy atom. The summed E-state index contributed by atoms with van der Waals surface area (Å²) in [6, 6.07) is 7.92. The van der Waals surface area contributed by atoms with Gasteiger partial charge < -0.3 is 4.43 Å². The van der Waals surface area contributed by atoms with E-state index in [0.29, 0.717) is 6.54 Å². The van der Waals surface area contributed by atoms with Crippen LogP contribution in [0.25, 0.3) is 0 Å². The molecule has 1 aromatic carbocycles. The van der Waals surface area contributed by atoms with E-state index in [1.54, 1.807) is 0 Å². The summed E-state index contributed by atoms with van der Waals surface area (Å²) in [5, 5.41) is 4.42. The summed E-state index contributed by atoms with van der Waals surface area (Å²) in [6.45, 7) is 11.2. The van der Waals surface area contributed by atoms with Gasteiger partial charge in [0.2, 0.25) is 8.32 Å². The van der Waals surface area contributed by atoms with Gasteiger partial charge in [0.15, 0.2) is 0 Å². The third-order valence-electron chi connectivity index (χ3n) is 2.97. The lowest BCUT2D eigenvalue weighted by Gasteiger charge is -2.20. The first-order chi connectivity index (χ1) is 9.85. The molecule has 2 aromatic rings. The number of hydrogen-bond acceptors (Lipinski definition) is 3. The number of nitrogens with zero attached hydrogens (tertiary/aromatic N) is 3. The number of hydrogen-bond donors (Lipinski definition) is 0. The molecule has 21 heavy (non-hydrogen) atoms. The quantitative estimate of drug-likeness (QED) is 0.615. The van der Waals surface area contributed by atoms with Crippen LogP contribution in [-0.4, -0.2) is 24.3 Å². The zero-order valence-corrected chi connectivity index (χ0v) is 14.4. The minimum Gasteiger partial charge on any atom is -0.543 e. The number of para-hydroxylation sites is 2. The van der Waals surface area contributed by atoms with Gasteiger partial charge in [-0.1, -0.05) is 12.1 Å². The van der Waals surface area contributed by atoms with Gasteiger partial charge in [-0.05, 0) is 51.2 Å². The van der Waals surface area contributed by atoms with Crippen molar-refractivity contribution in [3.63, 3.8) is 0 Å². The fourth-order valence-corrected chi connectivity index (χ4v) is 2.75. The average Bonchev–Trinajstić information content (AvgIpc) is 2.69. The third kappa shape index (κ3) is 4.56. The number of benzene rings is 1. The second-order valence-electron chi connectivity index (χ2n) is 6.11. The van der Waals surface area contributed by atoms with Crippen molar-refractivity contribution in [2.24, 2.45) is 4.99 Å². The fraction of sp³-hybridized carbons (Fsp3) is 0.375. The van der Waals surface area contributed by atoms with Crippen molar-refractivity contribution < 1.29 is 4.43 Å². The summed E-state index contributed by atoms with van der Waals surface area (Å²) in [7, 11) is -1.63. The topological polar surface area (TPSA) is 39.4 Å². The molecule has 1 heterocycles. The van der Waals surface area contributed by atoms with E-state index in [1.165, 1.54) is 5.56 Å². The molecule has 0 spiro atoms. The van der Waals surface area contributed by atoms with Gasteiger partial charge in [0.1, 0.15) is 11.4 Å². The Kier molecular flexibility index (Phi) is 4.62.